The molecule has 1 saturated carbocycles. The molecule has 0 spiro atoms. The van der Waals surface area contributed by atoms with E-state index >= 15 is 0 Å². The molecule has 2 rings (SSSR count). The van der Waals surface area contributed by atoms with Crippen molar-refractivity contribution in [1.82, 2.24) is 0 Å². The summed E-state index contributed by atoms with van der Waals surface area (Å²) < 4.78 is 0. The highest BCUT2D eigenvalue weighted by Gasteiger charge is 2.38. The molecular weight excluding hydrogens is 160 g/mol. The van der Waals surface area contributed by atoms with E-state index < -0.39 is 0 Å². The van der Waals surface area contributed by atoms with Crippen LogP contribution in [-0.4, -0.2) is 11.2 Å². The standard InChI is InChI=1S/C12H18O/c1-12(2)8-7-9-5-3-4-6-10(9)11(12)13/h3-4,6,9,11,13H,5,7-8H2,1-2H3. The molecule has 0 bridgehead atoms. The van der Waals surface area contributed by atoms with Crippen LogP contribution in [0.5, 0.6) is 0 Å². The Morgan fingerprint density at radius 2 is 2.23 bits per heavy atom. The summed E-state index contributed by atoms with van der Waals surface area (Å²) in [7, 11) is 0. The van der Waals surface area contributed by atoms with Crippen LogP contribution in [0.15, 0.2) is 23.8 Å². The van der Waals surface area contributed by atoms with Crippen molar-refractivity contribution in [3.63, 3.8) is 0 Å². The van der Waals surface area contributed by atoms with Gasteiger partial charge in [0.1, 0.15) is 0 Å². The Kier molecular flexibility index (Phi) is 2.07. The van der Waals surface area contributed by atoms with E-state index in [4.69, 9.17) is 0 Å². The number of fused-ring (bicyclic) bond motifs is 1. The van der Waals surface area contributed by atoms with Gasteiger partial charge in [-0.3, -0.25) is 0 Å². The average molecular weight is 178 g/mol. The van der Waals surface area contributed by atoms with Crippen LogP contribution in [0.1, 0.15) is 33.1 Å². The van der Waals surface area contributed by atoms with Crippen molar-refractivity contribution in [2.45, 2.75) is 39.2 Å². The topological polar surface area (TPSA) is 20.2 Å². The quantitative estimate of drug-likeness (QED) is 0.604. The summed E-state index contributed by atoms with van der Waals surface area (Å²) in [6.45, 7) is 4.32. The summed E-state index contributed by atoms with van der Waals surface area (Å²) in [6.07, 6.45) is 9.68. The van der Waals surface area contributed by atoms with Gasteiger partial charge in [0.15, 0.2) is 0 Å². The molecule has 1 N–H and O–H groups in total. The van der Waals surface area contributed by atoms with Crippen molar-refractivity contribution >= 4 is 0 Å². The number of aliphatic hydroxyl groups excluding tert-OH is 1. The Morgan fingerprint density at radius 3 is 3.00 bits per heavy atom. The summed E-state index contributed by atoms with van der Waals surface area (Å²) in [5.74, 6) is 0.619. The third-order valence-corrected chi connectivity index (χ3v) is 3.51. The summed E-state index contributed by atoms with van der Waals surface area (Å²) in [5.41, 5.74) is 1.34. The fourth-order valence-electron chi connectivity index (χ4n) is 2.43. The Bertz CT molecular complexity index is 260. The van der Waals surface area contributed by atoms with Crippen molar-refractivity contribution < 1.29 is 5.11 Å². The maximum atomic E-state index is 10.1. The highest BCUT2D eigenvalue weighted by molar-refractivity contribution is 5.27. The van der Waals surface area contributed by atoms with E-state index in [1.807, 2.05) is 0 Å². The summed E-state index contributed by atoms with van der Waals surface area (Å²) in [5, 5.41) is 10.1. The molecule has 1 heteroatoms. The number of hydrogen-bond acceptors (Lipinski definition) is 1. The van der Waals surface area contributed by atoms with E-state index in [-0.39, 0.29) is 11.5 Å². The van der Waals surface area contributed by atoms with Crippen LogP contribution in [0.3, 0.4) is 0 Å². The first-order chi connectivity index (χ1) is 6.11. The molecule has 2 unspecified atom stereocenters. The molecule has 1 nitrogen and oxygen atoms in total. The lowest BCUT2D eigenvalue weighted by molar-refractivity contribution is 0.0385. The molecule has 0 heterocycles. The highest BCUT2D eigenvalue weighted by atomic mass is 16.3. The molecule has 2 aliphatic carbocycles. The van der Waals surface area contributed by atoms with Crippen LogP contribution in [0.4, 0.5) is 0 Å². The molecule has 1 fully saturated rings. The molecule has 13 heavy (non-hydrogen) atoms. The molecular formula is C12H18O. The molecule has 2 atom stereocenters. The fourth-order valence-corrected chi connectivity index (χ4v) is 2.43. The van der Waals surface area contributed by atoms with E-state index in [2.05, 4.69) is 32.1 Å². The predicted octanol–water partition coefficient (Wildman–Crippen LogP) is 2.67. The van der Waals surface area contributed by atoms with Crippen molar-refractivity contribution in [1.29, 1.82) is 0 Å². The smallest absolute Gasteiger partial charge is 0.0806 e. The number of rotatable bonds is 0. The molecule has 0 radical (unpaired) electrons. The lowest BCUT2D eigenvalue weighted by Gasteiger charge is -2.42. The number of aliphatic hydroxyl groups is 1. The van der Waals surface area contributed by atoms with Gasteiger partial charge in [-0.05, 0) is 36.2 Å². The molecule has 0 aromatic heterocycles. The van der Waals surface area contributed by atoms with Crippen molar-refractivity contribution in [3.05, 3.63) is 23.8 Å². The van der Waals surface area contributed by atoms with E-state index in [1.54, 1.807) is 0 Å². The maximum Gasteiger partial charge on any atom is 0.0806 e. The summed E-state index contributed by atoms with van der Waals surface area (Å²) in [4.78, 5) is 0. The Hall–Kier alpha value is -0.560. The summed E-state index contributed by atoms with van der Waals surface area (Å²) >= 11 is 0. The van der Waals surface area contributed by atoms with E-state index in [9.17, 15) is 5.11 Å². The van der Waals surface area contributed by atoms with Crippen LogP contribution in [0.25, 0.3) is 0 Å². The first kappa shape index (κ1) is 9.01. The van der Waals surface area contributed by atoms with Crippen LogP contribution in [-0.2, 0) is 0 Å². The molecule has 0 aliphatic heterocycles. The number of allylic oxidation sites excluding steroid dienone is 3. The van der Waals surface area contributed by atoms with Gasteiger partial charge >= 0.3 is 0 Å². The van der Waals surface area contributed by atoms with Gasteiger partial charge in [-0.25, -0.2) is 0 Å². The second-order valence-electron chi connectivity index (χ2n) is 4.96. The minimum absolute atomic E-state index is 0.0769. The first-order valence-electron chi connectivity index (χ1n) is 5.16. The van der Waals surface area contributed by atoms with Crippen molar-refractivity contribution in [3.8, 4) is 0 Å². The van der Waals surface area contributed by atoms with E-state index in [0.29, 0.717) is 5.92 Å². The maximum absolute atomic E-state index is 10.1. The third kappa shape index (κ3) is 1.46. The largest absolute Gasteiger partial charge is 0.388 e. The van der Waals surface area contributed by atoms with Crippen LogP contribution in [0.2, 0.25) is 0 Å². The van der Waals surface area contributed by atoms with Crippen LogP contribution >= 0.6 is 0 Å². The van der Waals surface area contributed by atoms with E-state index in [1.165, 1.54) is 12.0 Å². The predicted molar refractivity (Wildman–Crippen MR) is 54.4 cm³/mol. The SMILES string of the molecule is CC1(C)CCC2CC=CC=C2C1O. The molecule has 0 saturated heterocycles. The first-order valence-corrected chi connectivity index (χ1v) is 5.16. The van der Waals surface area contributed by atoms with Gasteiger partial charge in [0, 0.05) is 0 Å². The lowest BCUT2D eigenvalue weighted by atomic mass is 9.66. The van der Waals surface area contributed by atoms with Crippen molar-refractivity contribution in [2.75, 3.05) is 0 Å². The number of hydrogen-bond donors (Lipinski definition) is 1. The second-order valence-corrected chi connectivity index (χ2v) is 4.96. The van der Waals surface area contributed by atoms with Crippen molar-refractivity contribution in [2.24, 2.45) is 11.3 Å². The Labute approximate surface area is 80.2 Å². The second kappa shape index (κ2) is 2.98. The average Bonchev–Trinajstić information content (AvgIpc) is 2.13. The minimum Gasteiger partial charge on any atom is -0.388 e. The van der Waals surface area contributed by atoms with Gasteiger partial charge in [0.2, 0.25) is 0 Å². The zero-order valence-electron chi connectivity index (χ0n) is 8.46. The molecule has 0 aromatic carbocycles. The van der Waals surface area contributed by atoms with Crippen LogP contribution in [0, 0.1) is 11.3 Å². The Balaban J connectivity index is 2.27. The molecule has 2 aliphatic rings. The van der Waals surface area contributed by atoms with Gasteiger partial charge in [0.05, 0.1) is 6.10 Å². The highest BCUT2D eigenvalue weighted by Crippen LogP contribution is 2.44. The third-order valence-electron chi connectivity index (χ3n) is 3.51. The van der Waals surface area contributed by atoms with Gasteiger partial charge in [-0.1, -0.05) is 32.1 Å². The minimum atomic E-state index is -0.226. The zero-order valence-corrected chi connectivity index (χ0v) is 8.46. The van der Waals surface area contributed by atoms with Gasteiger partial charge in [-0.2, -0.15) is 0 Å². The molecule has 0 amide bonds. The normalized spacial score (nSPS) is 36.7. The Morgan fingerprint density at radius 1 is 1.46 bits per heavy atom. The lowest BCUT2D eigenvalue weighted by Crippen LogP contribution is -2.38. The van der Waals surface area contributed by atoms with Crippen LogP contribution < -0.4 is 0 Å². The summed E-state index contributed by atoms with van der Waals surface area (Å²) in [6, 6.07) is 0. The van der Waals surface area contributed by atoms with E-state index in [0.717, 1.165) is 12.8 Å². The molecule has 72 valence electrons. The zero-order chi connectivity index (χ0) is 9.47. The van der Waals surface area contributed by atoms with Gasteiger partial charge in [0.25, 0.3) is 0 Å². The monoisotopic (exact) mass is 178 g/mol. The molecule has 0 aromatic rings. The van der Waals surface area contributed by atoms with Gasteiger partial charge < -0.3 is 5.11 Å². The fraction of sp³-hybridized carbons (Fsp3) is 0.667. The van der Waals surface area contributed by atoms with Gasteiger partial charge in [-0.15, -0.1) is 0 Å².